The van der Waals surface area contributed by atoms with Gasteiger partial charge in [0.1, 0.15) is 23.8 Å². The fraction of sp³-hybridized carbons (Fsp3) is 0.333. The van der Waals surface area contributed by atoms with Crippen molar-refractivity contribution in [2.75, 3.05) is 11.4 Å². The molecule has 3 rings (SSSR count). The highest BCUT2D eigenvalue weighted by Gasteiger charge is 2.32. The van der Waals surface area contributed by atoms with Crippen LogP contribution in [0, 0.1) is 6.92 Å². The lowest BCUT2D eigenvalue weighted by Crippen LogP contribution is -2.49. The van der Waals surface area contributed by atoms with E-state index in [0.29, 0.717) is 17.2 Å². The molecule has 0 saturated carbocycles. The number of rotatable bonds is 4. The van der Waals surface area contributed by atoms with Crippen molar-refractivity contribution in [2.24, 2.45) is 0 Å². The molecule has 6 heteroatoms. The number of nitrogens with one attached hydrogen (secondary N) is 1. The Morgan fingerprint density at radius 2 is 2.04 bits per heavy atom. The van der Waals surface area contributed by atoms with Crippen molar-refractivity contribution in [3.63, 3.8) is 0 Å². The second kappa shape index (κ2) is 6.39. The Morgan fingerprint density at radius 3 is 2.75 bits per heavy atom. The summed E-state index contributed by atoms with van der Waals surface area (Å²) in [6, 6.07) is 10.6. The summed E-state index contributed by atoms with van der Waals surface area (Å²) in [5.41, 5.74) is 0.609. The molecule has 2 atom stereocenters. The lowest BCUT2D eigenvalue weighted by molar-refractivity contribution is -0.128. The molecule has 0 aliphatic carbocycles. The smallest absolute Gasteiger partial charge is 0.268 e. The molecule has 2 heterocycles. The fourth-order valence-electron chi connectivity index (χ4n) is 2.71. The van der Waals surface area contributed by atoms with Gasteiger partial charge < -0.3 is 14.5 Å². The lowest BCUT2D eigenvalue weighted by atomic mass is 10.2. The van der Waals surface area contributed by atoms with Crippen LogP contribution in [0.2, 0.25) is 0 Å². The predicted molar refractivity (Wildman–Crippen MR) is 88.9 cm³/mol. The summed E-state index contributed by atoms with van der Waals surface area (Å²) in [7, 11) is 0. The number of ether oxygens (including phenoxy) is 1. The average Bonchev–Trinajstić information content (AvgIpc) is 2.98. The minimum absolute atomic E-state index is 0.0619. The summed E-state index contributed by atoms with van der Waals surface area (Å²) in [5.74, 6) is 1.59. The highest BCUT2D eigenvalue weighted by Crippen LogP contribution is 2.33. The van der Waals surface area contributed by atoms with E-state index >= 15 is 0 Å². The number of aryl methyl sites for hydroxylation is 1. The number of anilines is 1. The van der Waals surface area contributed by atoms with E-state index < -0.39 is 6.10 Å². The Kier molecular flexibility index (Phi) is 4.29. The van der Waals surface area contributed by atoms with E-state index in [4.69, 9.17) is 9.15 Å². The minimum atomic E-state index is -0.613. The van der Waals surface area contributed by atoms with Crippen molar-refractivity contribution in [1.29, 1.82) is 0 Å². The van der Waals surface area contributed by atoms with Gasteiger partial charge in [0.05, 0.1) is 11.7 Å². The van der Waals surface area contributed by atoms with Crippen molar-refractivity contribution < 1.29 is 18.7 Å². The maximum atomic E-state index is 12.4. The maximum absolute atomic E-state index is 12.4. The first-order valence-corrected chi connectivity index (χ1v) is 7.88. The van der Waals surface area contributed by atoms with Gasteiger partial charge in [0.2, 0.25) is 5.91 Å². The van der Waals surface area contributed by atoms with Gasteiger partial charge in [0.25, 0.3) is 5.91 Å². The Hall–Kier alpha value is -2.76. The third-order valence-corrected chi connectivity index (χ3v) is 3.94. The molecule has 6 nitrogen and oxygen atoms in total. The number of nitrogens with zero attached hydrogens (tertiary/aromatic N) is 1. The predicted octanol–water partition coefficient (Wildman–Crippen LogP) is 2.58. The molecule has 1 aromatic carbocycles. The van der Waals surface area contributed by atoms with Gasteiger partial charge >= 0.3 is 0 Å². The van der Waals surface area contributed by atoms with Crippen LogP contribution in [-0.2, 0) is 9.59 Å². The first-order chi connectivity index (χ1) is 11.5. The molecule has 0 radical (unpaired) electrons. The average molecular weight is 328 g/mol. The number of carbonyl (C=O) groups excluding carboxylic acids is 2. The van der Waals surface area contributed by atoms with Crippen LogP contribution in [0.1, 0.15) is 31.4 Å². The molecule has 0 spiro atoms. The number of fused-ring (bicyclic) bond motifs is 1. The van der Waals surface area contributed by atoms with Gasteiger partial charge in [-0.15, -0.1) is 0 Å². The second-order valence-corrected chi connectivity index (χ2v) is 5.89. The van der Waals surface area contributed by atoms with Crippen molar-refractivity contribution in [1.82, 2.24) is 5.32 Å². The van der Waals surface area contributed by atoms with Gasteiger partial charge in [-0.3, -0.25) is 14.5 Å². The van der Waals surface area contributed by atoms with Crippen LogP contribution in [0.5, 0.6) is 5.75 Å². The molecule has 2 amide bonds. The number of hydrogen-bond donors (Lipinski definition) is 1. The molecule has 1 aromatic heterocycles. The molecule has 0 bridgehead atoms. The van der Waals surface area contributed by atoms with Crippen LogP contribution in [0.15, 0.2) is 40.8 Å². The highest BCUT2D eigenvalue weighted by atomic mass is 16.5. The van der Waals surface area contributed by atoms with E-state index in [-0.39, 0.29) is 24.4 Å². The van der Waals surface area contributed by atoms with E-state index in [1.54, 1.807) is 19.1 Å². The van der Waals surface area contributed by atoms with Crippen LogP contribution in [0.4, 0.5) is 5.69 Å². The summed E-state index contributed by atoms with van der Waals surface area (Å²) in [6.07, 6.45) is -0.613. The van der Waals surface area contributed by atoms with Gasteiger partial charge in [-0.25, -0.2) is 0 Å². The van der Waals surface area contributed by atoms with Crippen molar-refractivity contribution in [2.45, 2.75) is 32.9 Å². The number of para-hydroxylation sites is 2. The van der Waals surface area contributed by atoms with E-state index in [1.807, 2.05) is 38.1 Å². The summed E-state index contributed by atoms with van der Waals surface area (Å²) in [5, 5.41) is 2.86. The molecule has 0 fully saturated rings. The van der Waals surface area contributed by atoms with E-state index in [9.17, 15) is 9.59 Å². The van der Waals surface area contributed by atoms with Crippen LogP contribution < -0.4 is 15.0 Å². The van der Waals surface area contributed by atoms with Crippen LogP contribution in [0.3, 0.4) is 0 Å². The topological polar surface area (TPSA) is 71.8 Å². The third-order valence-electron chi connectivity index (χ3n) is 3.94. The monoisotopic (exact) mass is 328 g/mol. The molecule has 1 aliphatic heterocycles. The summed E-state index contributed by atoms with van der Waals surface area (Å²) >= 11 is 0. The molecule has 1 aliphatic rings. The molecule has 0 saturated heterocycles. The van der Waals surface area contributed by atoms with Gasteiger partial charge in [0, 0.05) is 0 Å². The van der Waals surface area contributed by atoms with Crippen LogP contribution >= 0.6 is 0 Å². The van der Waals surface area contributed by atoms with Crippen molar-refractivity contribution >= 4 is 17.5 Å². The minimum Gasteiger partial charge on any atom is -0.479 e. The second-order valence-electron chi connectivity index (χ2n) is 5.89. The molecule has 1 N–H and O–H groups in total. The Morgan fingerprint density at radius 1 is 1.29 bits per heavy atom. The highest BCUT2D eigenvalue weighted by molar-refractivity contribution is 6.03. The SMILES string of the molecule is Cc1ccc([C@@H](C)NC(=O)CN2C(=O)[C@@H](C)Oc3ccccc32)o1. The third kappa shape index (κ3) is 3.13. The zero-order valence-corrected chi connectivity index (χ0v) is 13.9. The van der Waals surface area contributed by atoms with Crippen molar-refractivity contribution in [3.05, 3.63) is 47.9 Å². The molecule has 2 aromatic rings. The number of hydrogen-bond acceptors (Lipinski definition) is 4. The normalized spacial score (nSPS) is 17.9. The molecule has 126 valence electrons. The Bertz CT molecular complexity index is 768. The van der Waals surface area contributed by atoms with Gasteiger partial charge in [0.15, 0.2) is 6.10 Å². The summed E-state index contributed by atoms with van der Waals surface area (Å²) < 4.78 is 11.1. The lowest BCUT2D eigenvalue weighted by Gasteiger charge is -2.32. The molecule has 0 unspecified atom stereocenters. The number of furan rings is 1. The molecule has 24 heavy (non-hydrogen) atoms. The number of benzene rings is 1. The quantitative estimate of drug-likeness (QED) is 0.936. The van der Waals surface area contributed by atoms with Gasteiger partial charge in [-0.2, -0.15) is 0 Å². The van der Waals surface area contributed by atoms with Crippen molar-refractivity contribution in [3.8, 4) is 5.75 Å². The van der Waals surface area contributed by atoms with E-state index in [1.165, 1.54) is 4.90 Å². The fourth-order valence-corrected chi connectivity index (χ4v) is 2.71. The first kappa shape index (κ1) is 16.1. The van der Waals surface area contributed by atoms with Crippen LogP contribution in [0.25, 0.3) is 0 Å². The van der Waals surface area contributed by atoms with Gasteiger partial charge in [-0.1, -0.05) is 12.1 Å². The van der Waals surface area contributed by atoms with Crippen LogP contribution in [-0.4, -0.2) is 24.5 Å². The maximum Gasteiger partial charge on any atom is 0.268 e. The van der Waals surface area contributed by atoms with E-state index in [0.717, 1.165) is 5.76 Å². The first-order valence-electron chi connectivity index (χ1n) is 7.88. The summed E-state index contributed by atoms with van der Waals surface area (Å²) in [6.45, 7) is 5.31. The zero-order chi connectivity index (χ0) is 17.3. The molecular formula is C18H20N2O4. The van der Waals surface area contributed by atoms with Gasteiger partial charge in [-0.05, 0) is 45.0 Å². The Labute approximate surface area is 140 Å². The number of amides is 2. The summed E-state index contributed by atoms with van der Waals surface area (Å²) in [4.78, 5) is 26.2. The van der Waals surface area contributed by atoms with E-state index in [2.05, 4.69) is 5.32 Å². The number of carbonyl (C=O) groups is 2. The zero-order valence-electron chi connectivity index (χ0n) is 13.9. The Balaban J connectivity index is 1.72. The molecular weight excluding hydrogens is 308 g/mol. The largest absolute Gasteiger partial charge is 0.479 e. The standard InChI is InChI=1S/C18H20N2O4/c1-11-8-9-15(23-11)12(2)19-17(21)10-20-14-6-4-5-7-16(14)24-13(3)18(20)22/h4-9,12-13H,10H2,1-3H3,(H,19,21)/t12-,13-/m1/s1.